The number of benzene rings is 1. The number of nitrogens with zero attached hydrogens (tertiary/aromatic N) is 2. The molecule has 1 N–H and O–H groups in total. The normalized spacial score (nSPS) is 18.1. The fraction of sp³-hybridized carbons (Fsp3) is 0.579. The van der Waals surface area contributed by atoms with Crippen molar-refractivity contribution >= 4 is 11.8 Å². The van der Waals surface area contributed by atoms with E-state index in [1.807, 2.05) is 19.0 Å². The molecule has 1 fully saturated rings. The van der Waals surface area contributed by atoms with Gasteiger partial charge in [-0.1, -0.05) is 12.1 Å². The summed E-state index contributed by atoms with van der Waals surface area (Å²) in [5, 5.41) is 2.84. The highest BCUT2D eigenvalue weighted by Gasteiger charge is 2.30. The lowest BCUT2D eigenvalue weighted by Crippen LogP contribution is -2.47. The van der Waals surface area contributed by atoms with Crippen LogP contribution in [0.25, 0.3) is 0 Å². The van der Waals surface area contributed by atoms with Gasteiger partial charge in [0.15, 0.2) is 0 Å². The van der Waals surface area contributed by atoms with Crippen LogP contribution >= 0.6 is 0 Å². The number of piperidine rings is 1. The highest BCUT2D eigenvalue weighted by atomic mass is 19.4. The number of hydrogen-bond acceptors (Lipinski definition) is 3. The topological polar surface area (TPSA) is 52.6 Å². The quantitative estimate of drug-likeness (QED) is 0.783. The van der Waals surface area contributed by atoms with Crippen molar-refractivity contribution in [3.05, 3.63) is 35.4 Å². The maximum atomic E-state index is 12.6. The van der Waals surface area contributed by atoms with Crippen molar-refractivity contribution in [1.29, 1.82) is 0 Å². The smallest absolute Gasteiger partial charge is 0.355 e. The number of hydrogen-bond donors (Lipinski definition) is 1. The highest BCUT2D eigenvalue weighted by molar-refractivity contribution is 5.83. The standard InChI is InChI=1S/C19H26F3N3O2/c1-24(2)11-12-25-13-15(5-8-17(25)26)18(27)23-10-9-14-3-6-16(7-4-14)19(20,21)22/h3-4,6-7,15H,5,8-13H2,1-2H3,(H,23,27)/t15-/m1/s1. The van der Waals surface area contributed by atoms with E-state index >= 15 is 0 Å². The summed E-state index contributed by atoms with van der Waals surface area (Å²) in [6, 6.07) is 4.95. The zero-order chi connectivity index (χ0) is 20.0. The van der Waals surface area contributed by atoms with Crippen LogP contribution in [0.3, 0.4) is 0 Å². The molecule has 27 heavy (non-hydrogen) atoms. The van der Waals surface area contributed by atoms with Crippen LogP contribution in [0.4, 0.5) is 13.2 Å². The molecule has 0 saturated carbocycles. The lowest BCUT2D eigenvalue weighted by Gasteiger charge is -2.32. The number of likely N-dealkylation sites (tertiary alicyclic amines) is 1. The minimum atomic E-state index is -4.34. The highest BCUT2D eigenvalue weighted by Crippen LogP contribution is 2.29. The Hall–Kier alpha value is -2.09. The maximum Gasteiger partial charge on any atom is 0.416 e. The predicted molar refractivity (Wildman–Crippen MR) is 96.0 cm³/mol. The van der Waals surface area contributed by atoms with Crippen LogP contribution in [0.15, 0.2) is 24.3 Å². The van der Waals surface area contributed by atoms with Crippen molar-refractivity contribution in [3.8, 4) is 0 Å². The summed E-state index contributed by atoms with van der Waals surface area (Å²) in [5.74, 6) is -0.271. The summed E-state index contributed by atoms with van der Waals surface area (Å²) in [7, 11) is 3.86. The Morgan fingerprint density at radius 2 is 1.93 bits per heavy atom. The van der Waals surface area contributed by atoms with Gasteiger partial charge in [0.1, 0.15) is 0 Å². The molecule has 2 rings (SSSR count). The second-order valence-corrected chi connectivity index (χ2v) is 7.11. The van der Waals surface area contributed by atoms with E-state index in [-0.39, 0.29) is 17.7 Å². The molecule has 5 nitrogen and oxygen atoms in total. The first kappa shape index (κ1) is 21.2. The zero-order valence-corrected chi connectivity index (χ0v) is 15.7. The molecule has 1 aliphatic heterocycles. The lowest BCUT2D eigenvalue weighted by atomic mass is 9.96. The van der Waals surface area contributed by atoms with Crippen molar-refractivity contribution in [2.45, 2.75) is 25.4 Å². The number of likely N-dealkylation sites (N-methyl/N-ethyl adjacent to an activating group) is 1. The molecule has 2 amide bonds. The predicted octanol–water partition coefficient (Wildman–Crippen LogP) is 2.16. The van der Waals surface area contributed by atoms with Gasteiger partial charge in [0.25, 0.3) is 0 Å². The molecule has 0 aromatic heterocycles. The van der Waals surface area contributed by atoms with E-state index < -0.39 is 11.7 Å². The van der Waals surface area contributed by atoms with Crippen LogP contribution < -0.4 is 5.32 Å². The second-order valence-electron chi connectivity index (χ2n) is 7.11. The molecule has 1 saturated heterocycles. The first-order valence-electron chi connectivity index (χ1n) is 9.03. The fourth-order valence-electron chi connectivity index (χ4n) is 3.00. The van der Waals surface area contributed by atoms with Crippen molar-refractivity contribution in [2.75, 3.05) is 40.3 Å². The summed E-state index contributed by atoms with van der Waals surface area (Å²) in [4.78, 5) is 28.0. The van der Waals surface area contributed by atoms with Gasteiger partial charge in [-0.05, 0) is 44.6 Å². The van der Waals surface area contributed by atoms with Gasteiger partial charge in [-0.2, -0.15) is 13.2 Å². The van der Waals surface area contributed by atoms with Crippen LogP contribution in [-0.2, 0) is 22.2 Å². The third-order valence-electron chi connectivity index (χ3n) is 4.68. The van der Waals surface area contributed by atoms with Crippen molar-refractivity contribution in [2.24, 2.45) is 5.92 Å². The van der Waals surface area contributed by atoms with Gasteiger partial charge >= 0.3 is 6.18 Å². The summed E-state index contributed by atoms with van der Waals surface area (Å²) < 4.78 is 37.7. The number of nitrogens with one attached hydrogen (secondary N) is 1. The average Bonchev–Trinajstić information content (AvgIpc) is 2.60. The Morgan fingerprint density at radius 1 is 1.26 bits per heavy atom. The summed E-state index contributed by atoms with van der Waals surface area (Å²) in [6.07, 6.45) is -2.99. The molecule has 0 spiro atoms. The van der Waals surface area contributed by atoms with E-state index in [4.69, 9.17) is 0 Å². The molecular formula is C19H26F3N3O2. The number of rotatable bonds is 7. The van der Waals surface area contributed by atoms with Gasteiger partial charge < -0.3 is 15.1 Å². The Morgan fingerprint density at radius 3 is 2.52 bits per heavy atom. The molecule has 1 heterocycles. The van der Waals surface area contributed by atoms with Gasteiger partial charge in [0.05, 0.1) is 11.5 Å². The van der Waals surface area contributed by atoms with Gasteiger partial charge in [0.2, 0.25) is 11.8 Å². The van der Waals surface area contributed by atoms with Crippen molar-refractivity contribution in [3.63, 3.8) is 0 Å². The van der Waals surface area contributed by atoms with Crippen LogP contribution in [0.2, 0.25) is 0 Å². The monoisotopic (exact) mass is 385 g/mol. The molecule has 8 heteroatoms. The number of alkyl halides is 3. The van der Waals surface area contributed by atoms with Crippen LogP contribution in [0, 0.1) is 5.92 Å². The van der Waals surface area contributed by atoms with Gasteiger partial charge in [0, 0.05) is 32.6 Å². The van der Waals surface area contributed by atoms with Crippen LogP contribution in [0.1, 0.15) is 24.0 Å². The van der Waals surface area contributed by atoms with E-state index in [2.05, 4.69) is 5.32 Å². The molecule has 0 unspecified atom stereocenters. The largest absolute Gasteiger partial charge is 0.416 e. The number of amides is 2. The summed E-state index contributed by atoms with van der Waals surface area (Å²) in [5.41, 5.74) is 0.0507. The SMILES string of the molecule is CN(C)CCN1C[C@H](C(=O)NCCc2ccc(C(F)(F)F)cc2)CCC1=O. The third-order valence-corrected chi connectivity index (χ3v) is 4.68. The van der Waals surface area contributed by atoms with E-state index in [0.717, 1.165) is 24.2 Å². The Balaban J connectivity index is 1.79. The van der Waals surface area contributed by atoms with Crippen LogP contribution in [0.5, 0.6) is 0 Å². The lowest BCUT2D eigenvalue weighted by molar-refractivity contribution is -0.139. The molecule has 0 radical (unpaired) electrons. The van der Waals surface area contributed by atoms with Gasteiger partial charge in [-0.3, -0.25) is 9.59 Å². The van der Waals surface area contributed by atoms with Crippen molar-refractivity contribution < 1.29 is 22.8 Å². The second kappa shape index (κ2) is 9.21. The number of halogens is 3. The fourth-order valence-corrected chi connectivity index (χ4v) is 3.00. The summed E-state index contributed by atoms with van der Waals surface area (Å²) >= 11 is 0. The van der Waals surface area contributed by atoms with Gasteiger partial charge in [-0.25, -0.2) is 0 Å². The van der Waals surface area contributed by atoms with Crippen molar-refractivity contribution in [1.82, 2.24) is 15.1 Å². The zero-order valence-electron chi connectivity index (χ0n) is 15.7. The van der Waals surface area contributed by atoms with Gasteiger partial charge in [-0.15, -0.1) is 0 Å². The van der Waals surface area contributed by atoms with E-state index in [9.17, 15) is 22.8 Å². The molecule has 1 atom stereocenters. The Bertz CT molecular complexity index is 645. The molecule has 150 valence electrons. The van der Waals surface area contributed by atoms with E-state index in [0.29, 0.717) is 38.9 Å². The molecule has 1 aliphatic rings. The molecule has 0 bridgehead atoms. The van der Waals surface area contributed by atoms with Crippen LogP contribution in [-0.4, -0.2) is 61.9 Å². The van der Waals surface area contributed by atoms with E-state index in [1.165, 1.54) is 12.1 Å². The first-order chi connectivity index (χ1) is 12.7. The minimum absolute atomic E-state index is 0.0747. The molecular weight excluding hydrogens is 359 g/mol. The molecule has 1 aromatic rings. The molecule has 0 aliphatic carbocycles. The average molecular weight is 385 g/mol. The first-order valence-corrected chi connectivity index (χ1v) is 9.03. The Labute approximate surface area is 157 Å². The maximum absolute atomic E-state index is 12.6. The third kappa shape index (κ3) is 6.53. The number of carbonyl (C=O) groups is 2. The number of carbonyl (C=O) groups excluding carboxylic acids is 2. The Kier molecular flexibility index (Phi) is 7.24. The molecule has 1 aromatic carbocycles. The minimum Gasteiger partial charge on any atom is -0.355 e. The summed E-state index contributed by atoms with van der Waals surface area (Å²) in [6.45, 7) is 2.11. The van der Waals surface area contributed by atoms with E-state index in [1.54, 1.807) is 4.90 Å².